The van der Waals surface area contributed by atoms with Crippen LogP contribution in [0.15, 0.2) is 41.0 Å². The van der Waals surface area contributed by atoms with E-state index < -0.39 is 14.9 Å². The van der Waals surface area contributed by atoms with Crippen molar-refractivity contribution < 1.29 is 14.9 Å². The summed E-state index contributed by atoms with van der Waals surface area (Å²) in [6.07, 6.45) is 4.66. The van der Waals surface area contributed by atoms with Crippen LogP contribution in [0.2, 0.25) is 8.26 Å². The molecule has 0 aromatic rings. The molecule has 0 spiro atoms. The minimum atomic E-state index is -4.46. The fourth-order valence-corrected chi connectivity index (χ4v) is 42.5. The van der Waals surface area contributed by atoms with Gasteiger partial charge in [0, 0.05) is 0 Å². The molecule has 0 saturated carbocycles. The van der Waals surface area contributed by atoms with E-state index >= 15 is 0 Å². The molecule has 2 unspecified atom stereocenters. The second kappa shape index (κ2) is 4.09. The maximum absolute atomic E-state index is 7.67. The topological polar surface area (TPSA) is 0 Å². The summed E-state index contributed by atoms with van der Waals surface area (Å²) in [4.78, 5) is 0. The van der Waals surface area contributed by atoms with Gasteiger partial charge in [0.05, 0.1) is 0 Å². The Morgan fingerprint density at radius 2 is 1.57 bits per heavy atom. The van der Waals surface area contributed by atoms with E-state index in [1.807, 2.05) is 0 Å². The molecule has 0 N–H and O–H groups in total. The molecule has 3 heteroatoms. The van der Waals surface area contributed by atoms with Crippen LogP contribution < -0.4 is 0 Å². The van der Waals surface area contributed by atoms with Crippen LogP contribution in [0.4, 0.5) is 0 Å². The van der Waals surface area contributed by atoms with Gasteiger partial charge in [-0.3, -0.25) is 0 Å². The van der Waals surface area contributed by atoms with E-state index in [-0.39, 0.29) is 0 Å². The molecule has 0 nitrogen and oxygen atoms in total. The van der Waals surface area contributed by atoms with Crippen LogP contribution >= 0.6 is 17.0 Å². The average Bonchev–Trinajstić information content (AvgIpc) is 2.74. The van der Waals surface area contributed by atoms with Gasteiger partial charge in [-0.15, -0.1) is 0 Å². The van der Waals surface area contributed by atoms with E-state index in [1.165, 1.54) is 28.9 Å². The van der Waals surface area contributed by atoms with Crippen molar-refractivity contribution in [1.29, 1.82) is 0 Å². The summed E-state index contributed by atoms with van der Waals surface area (Å²) in [5, 5.41) is 0. The summed E-state index contributed by atoms with van der Waals surface area (Å²) < 4.78 is 4.92. The molecule has 2 atom stereocenters. The fraction of sp³-hybridized carbons (Fsp3) is 0.556. The molecule has 3 aliphatic rings. The number of rotatable bonds is 2. The number of halogens is 2. The number of hydrogen-bond donors (Lipinski definition) is 0. The van der Waals surface area contributed by atoms with Gasteiger partial charge < -0.3 is 0 Å². The Morgan fingerprint density at radius 3 is 1.90 bits per heavy atom. The van der Waals surface area contributed by atoms with Gasteiger partial charge in [-0.25, -0.2) is 0 Å². The van der Waals surface area contributed by atoms with Crippen molar-refractivity contribution in [1.82, 2.24) is 0 Å². The zero-order valence-corrected chi connectivity index (χ0v) is 17.9. The molecule has 2 aliphatic carbocycles. The molecule has 1 heterocycles. The Bertz CT molecular complexity index is 693. The maximum atomic E-state index is 7.67. The first-order valence-corrected chi connectivity index (χ1v) is 20.3. The van der Waals surface area contributed by atoms with Crippen molar-refractivity contribution in [3.05, 3.63) is 41.0 Å². The van der Waals surface area contributed by atoms with Gasteiger partial charge in [0.1, 0.15) is 0 Å². The van der Waals surface area contributed by atoms with Crippen molar-refractivity contribution in [2.75, 3.05) is 0 Å². The summed E-state index contributed by atoms with van der Waals surface area (Å²) in [5.41, 5.74) is 5.50. The predicted molar refractivity (Wildman–Crippen MR) is 92.6 cm³/mol. The van der Waals surface area contributed by atoms with Gasteiger partial charge in [-0.05, 0) is 0 Å². The van der Waals surface area contributed by atoms with Crippen molar-refractivity contribution >= 4 is 17.0 Å². The Kier molecular flexibility index (Phi) is 3.17. The standard InChI is InChI=1S/2C8H11.C2H4.2ClH.Zr/c2*1-6-4-7(2)8(3)5-6;1-2;;;/h4,8H,1-3H3;4,6H,1-3H3;1-2H2;2*1H;/q;;;;;+2/p-2. The molecule has 1 saturated heterocycles. The molecule has 21 heavy (non-hydrogen) atoms. The van der Waals surface area contributed by atoms with Gasteiger partial charge in [0.25, 0.3) is 0 Å². The summed E-state index contributed by atoms with van der Waals surface area (Å²) >= 11 is -4.46. The Morgan fingerprint density at radius 1 is 1.00 bits per heavy atom. The monoisotopic (exact) mass is 402 g/mol. The van der Waals surface area contributed by atoms with E-state index in [9.17, 15) is 0 Å². The first-order valence-electron chi connectivity index (χ1n) is 8.06. The summed E-state index contributed by atoms with van der Waals surface area (Å²) in [6, 6.07) is 0. The molecule has 0 aromatic carbocycles. The van der Waals surface area contributed by atoms with Gasteiger partial charge >= 0.3 is 135 Å². The average molecular weight is 405 g/mol. The third-order valence-electron chi connectivity index (χ3n) is 6.50. The van der Waals surface area contributed by atoms with Crippen LogP contribution in [0.25, 0.3) is 0 Å². The van der Waals surface area contributed by atoms with Crippen molar-refractivity contribution in [2.24, 2.45) is 11.8 Å². The zero-order chi connectivity index (χ0) is 15.9. The molecule has 3 rings (SSSR count). The van der Waals surface area contributed by atoms with Gasteiger partial charge in [0.15, 0.2) is 0 Å². The van der Waals surface area contributed by atoms with Gasteiger partial charge in [-0.2, -0.15) is 0 Å². The molecule has 1 fully saturated rings. The zero-order valence-electron chi connectivity index (χ0n) is 14.0. The first-order chi connectivity index (χ1) is 9.46. The van der Waals surface area contributed by atoms with Crippen LogP contribution in [-0.4, -0.2) is 0 Å². The molecule has 0 bridgehead atoms. The Hall–Kier alpha value is 0.423. The summed E-state index contributed by atoms with van der Waals surface area (Å²) in [5.74, 6) is 0.807. The molecule has 116 valence electrons. The van der Waals surface area contributed by atoms with Crippen molar-refractivity contribution in [2.45, 2.75) is 49.8 Å². The van der Waals surface area contributed by atoms with E-state index in [4.69, 9.17) is 17.0 Å². The Balaban J connectivity index is 2.28. The molecule has 0 radical (unpaired) electrons. The third-order valence-corrected chi connectivity index (χ3v) is 32.5. The van der Waals surface area contributed by atoms with E-state index in [2.05, 4.69) is 53.7 Å². The van der Waals surface area contributed by atoms with Gasteiger partial charge in [-0.1, -0.05) is 0 Å². The Labute approximate surface area is 133 Å². The van der Waals surface area contributed by atoms with Crippen LogP contribution in [0.5, 0.6) is 0 Å². The molecule has 0 amide bonds. The van der Waals surface area contributed by atoms with Crippen LogP contribution in [0.3, 0.4) is 0 Å². The predicted octanol–water partition coefficient (Wildman–Crippen LogP) is 7.11. The quantitative estimate of drug-likeness (QED) is 0.460. The number of hydrogen-bond acceptors (Lipinski definition) is 0. The second-order valence-electron chi connectivity index (χ2n) is 7.95. The van der Waals surface area contributed by atoms with E-state index in [0.29, 0.717) is 11.8 Å². The van der Waals surface area contributed by atoms with E-state index in [1.54, 1.807) is 0 Å². The summed E-state index contributed by atoms with van der Waals surface area (Å²) in [7, 11) is 15.3. The second-order valence-corrected chi connectivity index (χ2v) is 37.4. The first kappa shape index (κ1) is 16.3. The van der Waals surface area contributed by atoms with Crippen LogP contribution in [0, 0.1) is 11.8 Å². The van der Waals surface area contributed by atoms with Gasteiger partial charge in [0.2, 0.25) is 0 Å². The minimum absolute atomic E-state index is 0.396. The molecule has 1 aliphatic heterocycles. The van der Waals surface area contributed by atoms with Crippen LogP contribution in [-0.2, 0) is 14.9 Å². The molecular formula is C18H26Cl2Zr. The molecule has 0 aromatic heterocycles. The SMILES string of the molecule is CC1=CC(C)[C]([Zr]2([Cl])([Cl])([C]3=C(C)C=C(C)C3C)[CH2][CH2]2)=C1C. The normalized spacial score (nSPS) is 39.2. The van der Waals surface area contributed by atoms with Crippen LogP contribution in [0.1, 0.15) is 41.5 Å². The molecular weight excluding hydrogens is 378 g/mol. The summed E-state index contributed by atoms with van der Waals surface area (Å²) in [6.45, 7) is 13.4. The third kappa shape index (κ3) is 1.84. The van der Waals surface area contributed by atoms with Crippen molar-refractivity contribution in [3.63, 3.8) is 0 Å². The fourth-order valence-electron chi connectivity index (χ4n) is 5.37. The van der Waals surface area contributed by atoms with Crippen molar-refractivity contribution in [3.8, 4) is 0 Å². The van der Waals surface area contributed by atoms with E-state index in [0.717, 1.165) is 8.26 Å². The number of allylic oxidation sites excluding steroid dienone is 8.